The molecule has 122 valence electrons. The zero-order chi connectivity index (χ0) is 17.2. The van der Waals surface area contributed by atoms with Crippen molar-refractivity contribution < 1.29 is 8.42 Å². The van der Waals surface area contributed by atoms with Crippen LogP contribution in [-0.2, 0) is 10.0 Å². The standard InChI is InChI=1S/C17H15N3O3S/c1-12-7-9-14(10-8-12)24(22,23)20-17-18-15(11-16(21)19-17)13-5-3-2-4-6-13/h2-11H,1H3,(H2,18,19,20,21). The summed E-state index contributed by atoms with van der Waals surface area (Å²) in [6.45, 7) is 1.87. The van der Waals surface area contributed by atoms with Gasteiger partial charge in [0.1, 0.15) is 0 Å². The molecule has 2 N–H and O–H groups in total. The van der Waals surface area contributed by atoms with Gasteiger partial charge in [-0.2, -0.15) is 0 Å². The van der Waals surface area contributed by atoms with Gasteiger partial charge in [-0.25, -0.2) is 18.1 Å². The summed E-state index contributed by atoms with van der Waals surface area (Å²) in [5.41, 5.74) is 1.62. The molecule has 0 amide bonds. The van der Waals surface area contributed by atoms with Gasteiger partial charge >= 0.3 is 0 Å². The van der Waals surface area contributed by atoms with Crippen LogP contribution in [0.25, 0.3) is 11.3 Å². The Labute approximate surface area is 139 Å². The zero-order valence-corrected chi connectivity index (χ0v) is 13.7. The Kier molecular flexibility index (Phi) is 4.18. The lowest BCUT2D eigenvalue weighted by Crippen LogP contribution is -2.18. The highest BCUT2D eigenvalue weighted by molar-refractivity contribution is 7.92. The second-order valence-electron chi connectivity index (χ2n) is 5.26. The second-order valence-corrected chi connectivity index (χ2v) is 6.95. The number of H-pyrrole nitrogens is 1. The van der Waals surface area contributed by atoms with Crippen LogP contribution in [0.4, 0.5) is 5.95 Å². The first kappa shape index (κ1) is 15.9. The molecule has 0 atom stereocenters. The Morgan fingerprint density at radius 3 is 2.33 bits per heavy atom. The van der Waals surface area contributed by atoms with Gasteiger partial charge in [-0.05, 0) is 19.1 Å². The third-order valence-electron chi connectivity index (χ3n) is 3.37. The van der Waals surface area contributed by atoms with Crippen LogP contribution in [-0.4, -0.2) is 18.4 Å². The van der Waals surface area contributed by atoms with Crippen LogP contribution in [0.5, 0.6) is 0 Å². The van der Waals surface area contributed by atoms with E-state index in [1.54, 1.807) is 24.3 Å². The summed E-state index contributed by atoms with van der Waals surface area (Å²) in [6, 6.07) is 16.8. The van der Waals surface area contributed by atoms with Crippen molar-refractivity contribution in [1.29, 1.82) is 0 Å². The van der Waals surface area contributed by atoms with Crippen LogP contribution in [0, 0.1) is 6.92 Å². The fourth-order valence-corrected chi connectivity index (χ4v) is 3.13. The van der Waals surface area contributed by atoms with Crippen molar-refractivity contribution in [1.82, 2.24) is 9.97 Å². The van der Waals surface area contributed by atoms with Gasteiger partial charge in [-0.3, -0.25) is 9.78 Å². The number of hydrogen-bond donors (Lipinski definition) is 2. The van der Waals surface area contributed by atoms with Gasteiger partial charge in [0.2, 0.25) is 5.95 Å². The fourth-order valence-electron chi connectivity index (χ4n) is 2.17. The minimum atomic E-state index is -3.83. The Hall–Kier alpha value is -2.93. The summed E-state index contributed by atoms with van der Waals surface area (Å²) in [5.74, 6) is -0.123. The number of aryl methyl sites for hydroxylation is 1. The van der Waals surface area contributed by atoms with E-state index in [1.165, 1.54) is 18.2 Å². The zero-order valence-electron chi connectivity index (χ0n) is 12.9. The minimum absolute atomic E-state index is 0.0980. The smallest absolute Gasteiger partial charge is 0.264 e. The lowest BCUT2D eigenvalue weighted by molar-refractivity contribution is 0.601. The highest BCUT2D eigenvalue weighted by Crippen LogP contribution is 2.17. The number of rotatable bonds is 4. The highest BCUT2D eigenvalue weighted by atomic mass is 32.2. The first-order chi connectivity index (χ1) is 11.4. The second kappa shape index (κ2) is 6.29. The molecule has 2 aromatic carbocycles. The molecule has 6 nitrogen and oxygen atoms in total. The minimum Gasteiger partial charge on any atom is -0.292 e. The molecule has 7 heteroatoms. The topological polar surface area (TPSA) is 91.9 Å². The maximum absolute atomic E-state index is 12.4. The van der Waals surface area contributed by atoms with Gasteiger partial charge < -0.3 is 0 Å². The maximum atomic E-state index is 12.4. The van der Waals surface area contributed by atoms with Crippen molar-refractivity contribution in [2.45, 2.75) is 11.8 Å². The molecule has 0 aliphatic carbocycles. The van der Waals surface area contributed by atoms with E-state index in [4.69, 9.17) is 0 Å². The normalized spacial score (nSPS) is 11.2. The molecule has 3 rings (SSSR count). The molecule has 1 heterocycles. The van der Waals surface area contributed by atoms with Gasteiger partial charge in [-0.1, -0.05) is 48.0 Å². The molecule has 0 aliphatic heterocycles. The molecular weight excluding hydrogens is 326 g/mol. The summed E-state index contributed by atoms with van der Waals surface area (Å²) in [7, 11) is -3.83. The molecule has 0 bridgehead atoms. The monoisotopic (exact) mass is 341 g/mol. The van der Waals surface area contributed by atoms with E-state index in [2.05, 4.69) is 14.7 Å². The molecule has 24 heavy (non-hydrogen) atoms. The summed E-state index contributed by atoms with van der Waals surface area (Å²) in [5, 5.41) is 0. The lowest BCUT2D eigenvalue weighted by atomic mass is 10.1. The predicted molar refractivity (Wildman–Crippen MR) is 92.3 cm³/mol. The summed E-state index contributed by atoms with van der Waals surface area (Å²) >= 11 is 0. The highest BCUT2D eigenvalue weighted by Gasteiger charge is 2.16. The van der Waals surface area contributed by atoms with Gasteiger partial charge in [0.05, 0.1) is 10.6 Å². The molecule has 3 aromatic rings. The quantitative estimate of drug-likeness (QED) is 0.763. The molecule has 0 saturated carbocycles. The van der Waals surface area contributed by atoms with Crippen molar-refractivity contribution in [3.05, 3.63) is 76.6 Å². The largest absolute Gasteiger partial charge is 0.292 e. The Balaban J connectivity index is 1.97. The van der Waals surface area contributed by atoms with E-state index >= 15 is 0 Å². The number of aromatic nitrogens is 2. The summed E-state index contributed by atoms with van der Waals surface area (Å²) in [4.78, 5) is 18.5. The van der Waals surface area contributed by atoms with Gasteiger partial charge in [0, 0.05) is 11.6 Å². The Morgan fingerprint density at radius 1 is 1.00 bits per heavy atom. The van der Waals surface area contributed by atoms with Crippen LogP contribution in [0.3, 0.4) is 0 Å². The molecule has 0 aliphatic rings. The number of nitrogens with zero attached hydrogens (tertiary/aromatic N) is 1. The number of nitrogens with one attached hydrogen (secondary N) is 2. The SMILES string of the molecule is Cc1ccc(S(=O)(=O)Nc2nc(-c3ccccc3)cc(=O)[nH]2)cc1. The van der Waals surface area contributed by atoms with Crippen molar-refractivity contribution in [2.24, 2.45) is 0 Å². The van der Waals surface area contributed by atoms with E-state index in [0.717, 1.165) is 11.1 Å². The van der Waals surface area contributed by atoms with Gasteiger partial charge in [-0.15, -0.1) is 0 Å². The molecular formula is C17H15N3O3S. The Bertz CT molecular complexity index is 1010. The van der Waals surface area contributed by atoms with E-state index in [9.17, 15) is 13.2 Å². The van der Waals surface area contributed by atoms with E-state index in [0.29, 0.717) is 5.69 Å². The van der Waals surface area contributed by atoms with E-state index in [-0.39, 0.29) is 10.8 Å². The fraction of sp³-hybridized carbons (Fsp3) is 0.0588. The predicted octanol–water partition coefficient (Wildman–Crippen LogP) is 2.55. The third kappa shape index (κ3) is 3.52. The number of hydrogen-bond acceptors (Lipinski definition) is 4. The number of anilines is 1. The maximum Gasteiger partial charge on any atom is 0.264 e. The lowest BCUT2D eigenvalue weighted by Gasteiger charge is -2.08. The van der Waals surface area contributed by atoms with Crippen LogP contribution in [0.1, 0.15) is 5.56 Å². The van der Waals surface area contributed by atoms with Gasteiger partial charge in [0.25, 0.3) is 15.6 Å². The average molecular weight is 341 g/mol. The summed E-state index contributed by atoms with van der Waals surface area (Å²) < 4.78 is 27.1. The molecule has 1 aromatic heterocycles. The van der Waals surface area contributed by atoms with Crippen LogP contribution < -0.4 is 10.3 Å². The first-order valence-corrected chi connectivity index (χ1v) is 8.69. The van der Waals surface area contributed by atoms with Gasteiger partial charge in [0.15, 0.2) is 0 Å². The van der Waals surface area contributed by atoms with Crippen LogP contribution >= 0.6 is 0 Å². The van der Waals surface area contributed by atoms with Crippen molar-refractivity contribution in [3.8, 4) is 11.3 Å². The number of benzene rings is 2. The van der Waals surface area contributed by atoms with E-state index < -0.39 is 15.6 Å². The number of sulfonamides is 1. The number of aromatic amines is 1. The van der Waals surface area contributed by atoms with Crippen molar-refractivity contribution >= 4 is 16.0 Å². The van der Waals surface area contributed by atoms with Crippen LogP contribution in [0.2, 0.25) is 0 Å². The molecule has 0 saturated heterocycles. The molecule has 0 spiro atoms. The molecule has 0 radical (unpaired) electrons. The first-order valence-electron chi connectivity index (χ1n) is 7.20. The Morgan fingerprint density at radius 2 is 1.67 bits per heavy atom. The summed E-state index contributed by atoms with van der Waals surface area (Å²) in [6.07, 6.45) is 0. The average Bonchev–Trinajstić information content (AvgIpc) is 2.55. The van der Waals surface area contributed by atoms with Crippen molar-refractivity contribution in [3.63, 3.8) is 0 Å². The molecule has 0 fully saturated rings. The van der Waals surface area contributed by atoms with E-state index in [1.807, 2.05) is 25.1 Å². The van der Waals surface area contributed by atoms with Crippen LogP contribution in [0.15, 0.2) is 70.4 Å². The molecule has 0 unspecified atom stereocenters. The van der Waals surface area contributed by atoms with Crippen molar-refractivity contribution in [2.75, 3.05) is 4.72 Å². The third-order valence-corrected chi connectivity index (χ3v) is 4.73.